The average molecular weight is 574 g/mol. The molecule has 4 amide bonds. The van der Waals surface area contributed by atoms with Crippen molar-refractivity contribution in [2.45, 2.75) is 57.6 Å². The molecule has 3 heterocycles. The normalized spacial score (nSPS) is 25.3. The first-order chi connectivity index (χ1) is 20.2. The predicted molar refractivity (Wildman–Crippen MR) is 151 cm³/mol. The zero-order valence-electron chi connectivity index (χ0n) is 23.7. The molecule has 10 heteroatoms. The lowest BCUT2D eigenvalue weighted by Crippen LogP contribution is -2.50. The van der Waals surface area contributed by atoms with Gasteiger partial charge in [0, 0.05) is 32.0 Å². The first-order valence-corrected chi connectivity index (χ1v) is 14.8. The number of rotatable bonds is 6. The molecule has 0 bridgehead atoms. The molecule has 0 aromatic heterocycles. The molecule has 1 aliphatic carbocycles. The van der Waals surface area contributed by atoms with Crippen LogP contribution in [0.3, 0.4) is 0 Å². The minimum absolute atomic E-state index is 0.0167. The number of carbonyl (C=O) groups excluding carboxylic acids is 4. The van der Waals surface area contributed by atoms with E-state index in [2.05, 4.69) is 0 Å². The molecule has 2 aromatic carbocycles. The minimum Gasteiger partial charge on any atom is -0.488 e. The molecule has 4 aliphatic rings. The standard InChI is InChI=1S/C32H35N3O7/c1-19(36)33-15-14-21(17-33)42-27-12-6-7-20-13-16-34(29(37)24-10-4-5-11-25(24)32(40)41)26(28(20)27)18-35-30(38)22-8-2-3-9-23(22)31(35)39/h2-3,6-9,12,21,24-26H,4-5,10-11,13-18H2,1H3,(H,40,41). The van der Waals surface area contributed by atoms with E-state index in [-0.39, 0.29) is 24.5 Å². The average Bonchev–Trinajstić information content (AvgIpc) is 3.56. The molecular formula is C32H35N3O7. The van der Waals surface area contributed by atoms with E-state index < -0.39 is 35.7 Å². The van der Waals surface area contributed by atoms with E-state index in [0.29, 0.717) is 62.2 Å². The Bertz CT molecular complexity index is 1420. The Balaban J connectivity index is 1.37. The fourth-order valence-corrected chi connectivity index (χ4v) is 7.10. The van der Waals surface area contributed by atoms with Gasteiger partial charge in [-0.1, -0.05) is 37.1 Å². The molecule has 220 valence electrons. The van der Waals surface area contributed by atoms with Crippen LogP contribution in [0.5, 0.6) is 5.75 Å². The third kappa shape index (κ3) is 4.92. The Kier molecular flexibility index (Phi) is 7.47. The Labute approximate surface area is 244 Å². The highest BCUT2D eigenvalue weighted by molar-refractivity contribution is 6.21. The number of likely N-dealkylation sites (tertiary alicyclic amines) is 1. The summed E-state index contributed by atoms with van der Waals surface area (Å²) in [7, 11) is 0. The van der Waals surface area contributed by atoms with Crippen LogP contribution in [0.25, 0.3) is 0 Å². The van der Waals surface area contributed by atoms with E-state index in [1.54, 1.807) is 34.1 Å². The molecule has 1 saturated heterocycles. The van der Waals surface area contributed by atoms with Gasteiger partial charge in [0.05, 0.1) is 42.1 Å². The van der Waals surface area contributed by atoms with Gasteiger partial charge in [-0.05, 0) is 43.0 Å². The van der Waals surface area contributed by atoms with Crippen molar-refractivity contribution >= 4 is 29.6 Å². The Hall–Kier alpha value is -4.21. The molecule has 3 aliphatic heterocycles. The summed E-state index contributed by atoms with van der Waals surface area (Å²) < 4.78 is 6.48. The number of nitrogens with zero attached hydrogens (tertiary/aromatic N) is 3. The van der Waals surface area contributed by atoms with E-state index in [4.69, 9.17) is 4.74 Å². The van der Waals surface area contributed by atoms with Crippen LogP contribution < -0.4 is 4.74 Å². The van der Waals surface area contributed by atoms with Gasteiger partial charge in [-0.2, -0.15) is 0 Å². The number of aliphatic carboxylic acids is 1. The first kappa shape index (κ1) is 27.9. The number of ether oxygens (including phenoxy) is 1. The fourth-order valence-electron chi connectivity index (χ4n) is 7.10. The number of carboxylic acids is 1. The Morgan fingerprint density at radius 2 is 1.60 bits per heavy atom. The second-order valence-electron chi connectivity index (χ2n) is 11.7. The molecule has 0 spiro atoms. The SMILES string of the molecule is CC(=O)N1CCC(Oc2cccc3c2C(CN2C(=O)c4ccccc4C2=O)N(C(=O)C2CCCCC2C(=O)O)CC3)C1. The predicted octanol–water partition coefficient (Wildman–Crippen LogP) is 3.30. The molecule has 10 nitrogen and oxygen atoms in total. The van der Waals surface area contributed by atoms with Crippen molar-refractivity contribution in [3.63, 3.8) is 0 Å². The summed E-state index contributed by atoms with van der Waals surface area (Å²) in [4.78, 5) is 69.7. The molecule has 2 aromatic rings. The molecule has 6 rings (SSSR count). The van der Waals surface area contributed by atoms with Crippen LogP contribution in [-0.4, -0.2) is 81.7 Å². The number of imide groups is 1. The van der Waals surface area contributed by atoms with Crippen molar-refractivity contribution in [2.75, 3.05) is 26.2 Å². The van der Waals surface area contributed by atoms with Crippen LogP contribution in [0.2, 0.25) is 0 Å². The largest absolute Gasteiger partial charge is 0.488 e. The van der Waals surface area contributed by atoms with E-state index in [1.807, 2.05) is 18.2 Å². The summed E-state index contributed by atoms with van der Waals surface area (Å²) in [6.45, 7) is 2.85. The zero-order valence-corrected chi connectivity index (χ0v) is 23.7. The van der Waals surface area contributed by atoms with Crippen molar-refractivity contribution in [2.24, 2.45) is 11.8 Å². The summed E-state index contributed by atoms with van der Waals surface area (Å²) in [6.07, 6.45) is 3.43. The number of benzene rings is 2. The molecule has 4 atom stereocenters. The second-order valence-corrected chi connectivity index (χ2v) is 11.7. The van der Waals surface area contributed by atoms with E-state index in [9.17, 15) is 29.1 Å². The first-order valence-electron chi connectivity index (χ1n) is 14.8. The lowest BCUT2D eigenvalue weighted by atomic mass is 9.77. The van der Waals surface area contributed by atoms with Crippen molar-refractivity contribution in [3.05, 3.63) is 64.7 Å². The summed E-state index contributed by atoms with van der Waals surface area (Å²) in [6, 6.07) is 11.7. The van der Waals surface area contributed by atoms with Crippen LogP contribution in [0.1, 0.15) is 76.9 Å². The summed E-state index contributed by atoms with van der Waals surface area (Å²) in [5, 5.41) is 9.93. The van der Waals surface area contributed by atoms with Crippen molar-refractivity contribution in [3.8, 4) is 5.75 Å². The lowest BCUT2D eigenvalue weighted by molar-refractivity contribution is -0.153. The number of hydrogen-bond acceptors (Lipinski definition) is 6. The minimum atomic E-state index is -0.970. The molecule has 1 saturated carbocycles. The van der Waals surface area contributed by atoms with Gasteiger partial charge in [-0.25, -0.2) is 0 Å². The maximum atomic E-state index is 14.2. The van der Waals surface area contributed by atoms with Gasteiger partial charge in [-0.15, -0.1) is 0 Å². The Morgan fingerprint density at radius 3 is 2.24 bits per heavy atom. The van der Waals surface area contributed by atoms with Crippen LogP contribution >= 0.6 is 0 Å². The van der Waals surface area contributed by atoms with Gasteiger partial charge in [0.2, 0.25) is 11.8 Å². The van der Waals surface area contributed by atoms with Gasteiger partial charge in [0.25, 0.3) is 11.8 Å². The van der Waals surface area contributed by atoms with Gasteiger partial charge >= 0.3 is 5.97 Å². The van der Waals surface area contributed by atoms with Crippen molar-refractivity contribution in [1.29, 1.82) is 0 Å². The number of fused-ring (bicyclic) bond motifs is 2. The van der Waals surface area contributed by atoms with Crippen molar-refractivity contribution < 1.29 is 33.8 Å². The molecule has 0 radical (unpaired) electrons. The lowest BCUT2D eigenvalue weighted by Gasteiger charge is -2.42. The summed E-state index contributed by atoms with van der Waals surface area (Å²) in [5.74, 6) is -2.96. The molecule has 1 N–H and O–H groups in total. The van der Waals surface area contributed by atoms with E-state index in [1.165, 1.54) is 11.8 Å². The summed E-state index contributed by atoms with van der Waals surface area (Å²) >= 11 is 0. The number of carboxylic acid groups (broad SMARTS) is 1. The topological polar surface area (TPSA) is 125 Å². The van der Waals surface area contributed by atoms with Crippen LogP contribution in [0.15, 0.2) is 42.5 Å². The van der Waals surface area contributed by atoms with Crippen LogP contribution in [0.4, 0.5) is 0 Å². The summed E-state index contributed by atoms with van der Waals surface area (Å²) in [5.41, 5.74) is 2.35. The van der Waals surface area contributed by atoms with Gasteiger partial charge in [0.1, 0.15) is 11.9 Å². The number of amides is 4. The molecular weight excluding hydrogens is 538 g/mol. The molecule has 4 unspecified atom stereocenters. The maximum absolute atomic E-state index is 14.2. The quantitative estimate of drug-likeness (QED) is 0.526. The Morgan fingerprint density at radius 1 is 0.905 bits per heavy atom. The van der Waals surface area contributed by atoms with Gasteiger partial charge in [-0.3, -0.25) is 28.9 Å². The highest BCUT2D eigenvalue weighted by Gasteiger charge is 2.45. The smallest absolute Gasteiger partial charge is 0.307 e. The van der Waals surface area contributed by atoms with E-state index in [0.717, 1.165) is 24.0 Å². The number of hydrogen-bond donors (Lipinski definition) is 1. The zero-order chi connectivity index (χ0) is 29.5. The number of carbonyl (C=O) groups is 5. The molecule has 2 fully saturated rings. The molecule has 42 heavy (non-hydrogen) atoms. The fraction of sp³-hybridized carbons (Fsp3) is 0.469. The van der Waals surface area contributed by atoms with Crippen molar-refractivity contribution in [1.82, 2.24) is 14.7 Å². The van der Waals surface area contributed by atoms with Gasteiger partial charge in [0.15, 0.2) is 0 Å². The third-order valence-electron chi connectivity index (χ3n) is 9.29. The highest BCUT2D eigenvalue weighted by Crippen LogP contribution is 2.42. The second kappa shape index (κ2) is 11.2. The van der Waals surface area contributed by atoms with E-state index >= 15 is 0 Å². The third-order valence-corrected chi connectivity index (χ3v) is 9.29. The van der Waals surface area contributed by atoms with Crippen LogP contribution in [-0.2, 0) is 20.8 Å². The monoisotopic (exact) mass is 573 g/mol. The maximum Gasteiger partial charge on any atom is 0.307 e. The highest BCUT2D eigenvalue weighted by atomic mass is 16.5. The van der Waals surface area contributed by atoms with Crippen LogP contribution in [0, 0.1) is 11.8 Å². The van der Waals surface area contributed by atoms with Gasteiger partial charge < -0.3 is 19.6 Å².